The number of nitrogens with one attached hydrogen (secondary N) is 1. The fourth-order valence-electron chi connectivity index (χ4n) is 2.56. The van der Waals surface area contributed by atoms with Gasteiger partial charge in [0.05, 0.1) is 85.0 Å². The third kappa shape index (κ3) is 20.1. The van der Waals surface area contributed by atoms with E-state index >= 15 is 0 Å². The minimum absolute atomic E-state index is 0.387. The number of carbonyl (C=O) groups excluding carboxylic acids is 1. The summed E-state index contributed by atoms with van der Waals surface area (Å²) in [6.07, 6.45) is -0.450. The van der Waals surface area contributed by atoms with Crippen LogP contribution in [0.15, 0.2) is 24.3 Å². The lowest BCUT2D eigenvalue weighted by atomic mass is 10.2. The summed E-state index contributed by atoms with van der Waals surface area (Å²) in [6.45, 7) is 12.0. The minimum Gasteiger partial charge on any atom is -0.489 e. The summed E-state index contributed by atoms with van der Waals surface area (Å²) in [7, 11) is 0. The summed E-state index contributed by atoms with van der Waals surface area (Å²) in [5, 5.41) is 2.62. The van der Waals surface area contributed by atoms with Crippen molar-refractivity contribution < 1.29 is 42.7 Å². The van der Waals surface area contributed by atoms with E-state index in [4.69, 9.17) is 43.6 Å². The van der Waals surface area contributed by atoms with Gasteiger partial charge in [-0.25, -0.2) is 4.79 Å². The highest BCUT2D eigenvalue weighted by atomic mass is 16.6. The molecule has 1 rings (SSSR count). The number of nitrogens with two attached hydrogens (primary N) is 1. The Balaban J connectivity index is 1.71. The van der Waals surface area contributed by atoms with E-state index in [1.54, 1.807) is 6.07 Å². The van der Waals surface area contributed by atoms with Gasteiger partial charge in [0.1, 0.15) is 18.0 Å². The molecule has 0 heterocycles. The van der Waals surface area contributed by atoms with Crippen molar-refractivity contribution in [3.8, 4) is 5.75 Å². The number of anilines is 1. The summed E-state index contributed by atoms with van der Waals surface area (Å²) >= 11 is 0. The van der Waals surface area contributed by atoms with E-state index in [9.17, 15) is 4.79 Å². The zero-order chi connectivity index (χ0) is 26.3. The maximum Gasteiger partial charge on any atom is 0.407 e. The second-order valence-electron chi connectivity index (χ2n) is 8.49. The molecule has 0 saturated carbocycles. The monoisotopic (exact) mass is 516 g/mol. The van der Waals surface area contributed by atoms with Crippen molar-refractivity contribution in [2.75, 3.05) is 98.2 Å². The Kier molecular flexibility index (Phi) is 18.6. The number of hydrogen-bond donors (Lipinski definition) is 2. The van der Waals surface area contributed by atoms with E-state index in [0.29, 0.717) is 104 Å². The molecule has 0 unspecified atom stereocenters. The molecule has 0 aliphatic heterocycles. The van der Waals surface area contributed by atoms with Gasteiger partial charge in [0.2, 0.25) is 0 Å². The third-order valence-corrected chi connectivity index (χ3v) is 4.18. The molecule has 36 heavy (non-hydrogen) atoms. The average molecular weight is 517 g/mol. The van der Waals surface area contributed by atoms with E-state index < -0.39 is 11.7 Å². The Morgan fingerprint density at radius 3 is 1.56 bits per heavy atom. The molecule has 11 heteroatoms. The van der Waals surface area contributed by atoms with Gasteiger partial charge >= 0.3 is 6.09 Å². The van der Waals surface area contributed by atoms with E-state index in [2.05, 4.69) is 5.32 Å². The molecular formula is C25H44N2O9. The molecule has 208 valence electrons. The zero-order valence-electron chi connectivity index (χ0n) is 22.0. The van der Waals surface area contributed by atoms with Gasteiger partial charge < -0.3 is 48.9 Å². The third-order valence-electron chi connectivity index (χ3n) is 4.18. The van der Waals surface area contributed by atoms with Gasteiger partial charge in [-0.05, 0) is 32.9 Å². The number of carbonyl (C=O) groups is 1. The van der Waals surface area contributed by atoms with E-state index in [1.165, 1.54) is 0 Å². The van der Waals surface area contributed by atoms with Crippen LogP contribution < -0.4 is 15.8 Å². The van der Waals surface area contributed by atoms with Crippen molar-refractivity contribution in [1.82, 2.24) is 5.32 Å². The number of nitrogen functional groups attached to an aromatic ring is 1. The lowest BCUT2D eigenvalue weighted by molar-refractivity contribution is -0.0177. The largest absolute Gasteiger partial charge is 0.489 e. The standard InChI is InChI=1S/C25H44N2O9/c1-25(2,3)36-24(28)27-8-9-29-10-11-30-12-13-31-14-15-32-16-17-33-18-19-34-20-21-35-23-7-5-4-6-22(23)26/h4-7H,8-21,26H2,1-3H3,(H,27,28). The first kappa shape index (κ1) is 31.9. The van der Waals surface area contributed by atoms with Crippen molar-refractivity contribution in [2.45, 2.75) is 26.4 Å². The first-order valence-electron chi connectivity index (χ1n) is 12.3. The number of benzene rings is 1. The highest BCUT2D eigenvalue weighted by molar-refractivity contribution is 5.67. The quantitative estimate of drug-likeness (QED) is 0.175. The van der Waals surface area contributed by atoms with E-state index in [1.807, 2.05) is 39.0 Å². The Labute approximate surface area is 214 Å². The summed E-state index contributed by atoms with van der Waals surface area (Å²) in [5.74, 6) is 0.666. The van der Waals surface area contributed by atoms with Gasteiger partial charge in [-0.15, -0.1) is 0 Å². The summed E-state index contributed by atoms with van der Waals surface area (Å²) in [4.78, 5) is 11.4. The van der Waals surface area contributed by atoms with Crippen LogP contribution in [0, 0.1) is 0 Å². The highest BCUT2D eigenvalue weighted by Crippen LogP contribution is 2.19. The highest BCUT2D eigenvalue weighted by Gasteiger charge is 2.15. The summed E-state index contributed by atoms with van der Waals surface area (Å²) in [5.41, 5.74) is 5.91. The summed E-state index contributed by atoms with van der Waals surface area (Å²) in [6, 6.07) is 7.36. The molecule has 0 aliphatic carbocycles. The number of amides is 1. The second kappa shape index (κ2) is 21.0. The molecule has 0 spiro atoms. The van der Waals surface area contributed by atoms with Crippen molar-refractivity contribution in [3.63, 3.8) is 0 Å². The van der Waals surface area contributed by atoms with Crippen LogP contribution >= 0.6 is 0 Å². The van der Waals surface area contributed by atoms with Gasteiger partial charge in [0.25, 0.3) is 0 Å². The Bertz CT molecular complexity index is 671. The fourth-order valence-corrected chi connectivity index (χ4v) is 2.56. The number of ether oxygens (including phenoxy) is 8. The molecular weight excluding hydrogens is 472 g/mol. The molecule has 11 nitrogen and oxygen atoms in total. The Morgan fingerprint density at radius 1 is 0.694 bits per heavy atom. The zero-order valence-corrected chi connectivity index (χ0v) is 22.0. The van der Waals surface area contributed by atoms with Crippen molar-refractivity contribution >= 4 is 11.8 Å². The minimum atomic E-state index is -0.506. The Morgan fingerprint density at radius 2 is 1.11 bits per heavy atom. The number of alkyl carbamates (subject to hydrolysis) is 1. The van der Waals surface area contributed by atoms with Crippen LogP contribution in [0.5, 0.6) is 5.75 Å². The Hall–Kier alpha value is -2.15. The topological polar surface area (TPSA) is 129 Å². The molecule has 0 aromatic heterocycles. The summed E-state index contributed by atoms with van der Waals surface area (Å²) < 4.78 is 43.2. The fraction of sp³-hybridized carbons (Fsp3) is 0.720. The van der Waals surface area contributed by atoms with Gasteiger partial charge in [-0.2, -0.15) is 0 Å². The van der Waals surface area contributed by atoms with Crippen LogP contribution in [0.3, 0.4) is 0 Å². The van der Waals surface area contributed by atoms with Crippen LogP contribution in [0.2, 0.25) is 0 Å². The maximum atomic E-state index is 11.4. The normalized spacial score (nSPS) is 11.4. The molecule has 1 amide bonds. The molecule has 3 N–H and O–H groups in total. The van der Waals surface area contributed by atoms with Gasteiger partial charge in [-0.1, -0.05) is 12.1 Å². The van der Waals surface area contributed by atoms with Crippen LogP contribution in [0.25, 0.3) is 0 Å². The van der Waals surface area contributed by atoms with Crippen LogP contribution in [-0.2, 0) is 33.2 Å². The predicted octanol–water partition coefficient (Wildman–Crippen LogP) is 2.27. The number of rotatable bonds is 22. The van der Waals surface area contributed by atoms with Crippen molar-refractivity contribution in [3.05, 3.63) is 24.3 Å². The molecule has 0 radical (unpaired) electrons. The van der Waals surface area contributed by atoms with Crippen LogP contribution in [-0.4, -0.2) is 104 Å². The predicted molar refractivity (Wildman–Crippen MR) is 136 cm³/mol. The molecule has 0 atom stereocenters. The molecule has 0 fully saturated rings. The SMILES string of the molecule is CC(C)(C)OC(=O)NCCOCCOCCOCCOCCOCCOCCOc1ccccc1N. The number of para-hydroxylation sites is 2. The first-order chi connectivity index (χ1) is 17.4. The van der Waals surface area contributed by atoms with Crippen molar-refractivity contribution in [1.29, 1.82) is 0 Å². The second-order valence-corrected chi connectivity index (χ2v) is 8.49. The van der Waals surface area contributed by atoms with E-state index in [0.717, 1.165) is 0 Å². The van der Waals surface area contributed by atoms with Crippen LogP contribution in [0.1, 0.15) is 20.8 Å². The first-order valence-corrected chi connectivity index (χ1v) is 12.3. The smallest absolute Gasteiger partial charge is 0.407 e. The lowest BCUT2D eigenvalue weighted by Gasteiger charge is -2.19. The number of hydrogen-bond acceptors (Lipinski definition) is 10. The van der Waals surface area contributed by atoms with E-state index in [-0.39, 0.29) is 0 Å². The molecule has 1 aromatic carbocycles. The lowest BCUT2D eigenvalue weighted by Crippen LogP contribution is -2.34. The molecule has 0 bridgehead atoms. The molecule has 1 aromatic rings. The van der Waals surface area contributed by atoms with Crippen LogP contribution in [0.4, 0.5) is 10.5 Å². The van der Waals surface area contributed by atoms with Gasteiger partial charge in [0.15, 0.2) is 0 Å². The molecule has 0 saturated heterocycles. The van der Waals surface area contributed by atoms with Gasteiger partial charge in [0, 0.05) is 6.54 Å². The van der Waals surface area contributed by atoms with Gasteiger partial charge in [-0.3, -0.25) is 0 Å². The average Bonchev–Trinajstić information content (AvgIpc) is 2.82. The van der Waals surface area contributed by atoms with Crippen molar-refractivity contribution in [2.24, 2.45) is 0 Å². The maximum absolute atomic E-state index is 11.4. The molecule has 0 aliphatic rings.